The van der Waals surface area contributed by atoms with Crippen LogP contribution in [0.1, 0.15) is 6.42 Å². The molecule has 0 saturated carbocycles. The molecule has 1 rings (SSSR count). The molecule has 112 valence electrons. The molecule has 0 spiro atoms. The van der Waals surface area contributed by atoms with E-state index in [1.807, 2.05) is 0 Å². The van der Waals surface area contributed by atoms with Crippen LogP contribution >= 0.6 is 0 Å². The molecule has 1 aromatic carbocycles. The van der Waals surface area contributed by atoms with Crippen molar-refractivity contribution in [1.82, 2.24) is 9.21 Å². The number of para-hydroxylation sites is 1. The molecule has 0 aliphatic heterocycles. The Morgan fingerprint density at radius 1 is 1.15 bits per heavy atom. The van der Waals surface area contributed by atoms with Gasteiger partial charge in [-0.2, -0.15) is 0 Å². The molecule has 0 aliphatic carbocycles. The molecule has 0 aliphatic rings. The number of carbonyl (C=O) groups is 1. The zero-order chi connectivity index (χ0) is 15.3. The average Bonchev–Trinajstić information content (AvgIpc) is 2.38. The van der Waals surface area contributed by atoms with Crippen molar-refractivity contribution in [3.8, 4) is 0 Å². The highest BCUT2D eigenvalue weighted by Gasteiger charge is 2.20. The lowest BCUT2D eigenvalue weighted by Gasteiger charge is -2.16. The van der Waals surface area contributed by atoms with Gasteiger partial charge in [-0.3, -0.25) is 4.79 Å². The van der Waals surface area contributed by atoms with Crippen LogP contribution in [0.4, 0.5) is 5.69 Å². The molecule has 0 unspecified atom stereocenters. The number of benzene rings is 1. The van der Waals surface area contributed by atoms with Gasteiger partial charge < -0.3 is 10.2 Å². The molecule has 6 nitrogen and oxygen atoms in total. The number of sulfonamides is 1. The molecule has 0 radical (unpaired) electrons. The second-order valence-corrected chi connectivity index (χ2v) is 6.87. The number of carbonyl (C=O) groups excluding carboxylic acids is 1. The fourth-order valence-corrected chi connectivity index (χ4v) is 2.62. The number of hydrogen-bond acceptors (Lipinski definition) is 4. The molecule has 1 aromatic rings. The molecule has 0 aromatic heterocycles. The van der Waals surface area contributed by atoms with Gasteiger partial charge in [0.05, 0.1) is 5.69 Å². The van der Waals surface area contributed by atoms with E-state index in [1.54, 1.807) is 38.4 Å². The van der Waals surface area contributed by atoms with Crippen molar-refractivity contribution in [3.63, 3.8) is 0 Å². The van der Waals surface area contributed by atoms with Gasteiger partial charge in [0, 0.05) is 41.2 Å². The van der Waals surface area contributed by atoms with Crippen molar-refractivity contribution in [2.45, 2.75) is 11.3 Å². The number of nitrogens with zero attached hydrogens (tertiary/aromatic N) is 2. The molecule has 0 atom stereocenters. The first-order chi connectivity index (χ1) is 9.26. The third-order valence-electron chi connectivity index (χ3n) is 2.80. The second kappa shape index (κ2) is 6.71. The van der Waals surface area contributed by atoms with Gasteiger partial charge in [0.1, 0.15) is 4.90 Å². The summed E-state index contributed by atoms with van der Waals surface area (Å²) in [6.07, 6.45) is 0.309. The minimum Gasteiger partial charge on any atom is -0.383 e. The summed E-state index contributed by atoms with van der Waals surface area (Å²) in [7, 11) is 2.85. The molecule has 0 saturated heterocycles. The van der Waals surface area contributed by atoms with Crippen LogP contribution in [0.25, 0.3) is 0 Å². The molecule has 0 fully saturated rings. The summed E-state index contributed by atoms with van der Waals surface area (Å²) in [5.41, 5.74) is 0.507. The highest BCUT2D eigenvalue weighted by molar-refractivity contribution is 7.89. The number of nitrogens with one attached hydrogen (secondary N) is 1. The van der Waals surface area contributed by atoms with Gasteiger partial charge >= 0.3 is 0 Å². The molecule has 0 bridgehead atoms. The number of amides is 1. The highest BCUT2D eigenvalue weighted by atomic mass is 32.2. The largest absolute Gasteiger partial charge is 0.383 e. The minimum atomic E-state index is -3.50. The van der Waals surface area contributed by atoms with Crippen LogP contribution in [0.15, 0.2) is 29.2 Å². The van der Waals surface area contributed by atoms with Crippen LogP contribution in [0, 0.1) is 0 Å². The minimum absolute atomic E-state index is 0.00884. The molecule has 1 amide bonds. The zero-order valence-corrected chi connectivity index (χ0v) is 13.1. The maximum Gasteiger partial charge on any atom is 0.244 e. The third-order valence-corrected chi connectivity index (χ3v) is 4.67. The van der Waals surface area contributed by atoms with E-state index < -0.39 is 10.0 Å². The number of anilines is 1. The van der Waals surface area contributed by atoms with Crippen molar-refractivity contribution in [2.75, 3.05) is 40.1 Å². The summed E-state index contributed by atoms with van der Waals surface area (Å²) in [5, 5.41) is 3.01. The monoisotopic (exact) mass is 299 g/mol. The van der Waals surface area contributed by atoms with Crippen LogP contribution in [0.3, 0.4) is 0 Å². The maximum atomic E-state index is 12.2. The Morgan fingerprint density at radius 2 is 1.75 bits per heavy atom. The third kappa shape index (κ3) is 3.94. The van der Waals surface area contributed by atoms with Gasteiger partial charge in [0.2, 0.25) is 15.9 Å². The van der Waals surface area contributed by atoms with Crippen molar-refractivity contribution in [1.29, 1.82) is 0 Å². The predicted octanol–water partition coefficient (Wildman–Crippen LogP) is 0.827. The fourth-order valence-electron chi connectivity index (χ4n) is 1.56. The molecule has 0 heterocycles. The topological polar surface area (TPSA) is 69.7 Å². The fraction of sp³-hybridized carbons (Fsp3) is 0.462. The Labute approximate surface area is 120 Å². The van der Waals surface area contributed by atoms with Crippen LogP contribution in [-0.4, -0.2) is 58.3 Å². The van der Waals surface area contributed by atoms with Crippen molar-refractivity contribution < 1.29 is 13.2 Å². The van der Waals surface area contributed by atoms with E-state index in [0.717, 1.165) is 0 Å². The first kappa shape index (κ1) is 16.5. The first-order valence-electron chi connectivity index (χ1n) is 6.22. The Morgan fingerprint density at radius 3 is 2.30 bits per heavy atom. The maximum absolute atomic E-state index is 12.2. The lowest BCUT2D eigenvalue weighted by molar-refractivity contribution is -0.128. The summed E-state index contributed by atoms with van der Waals surface area (Å²) in [4.78, 5) is 13.2. The van der Waals surface area contributed by atoms with E-state index in [0.29, 0.717) is 18.7 Å². The summed E-state index contributed by atoms with van der Waals surface area (Å²) in [5.74, 6) is -0.00884. The standard InChI is InChI=1S/C13H21N3O3S/c1-15(2)13(17)9-10-14-11-7-5-6-8-12(11)20(18,19)16(3)4/h5-8,14H,9-10H2,1-4H3. The molecular weight excluding hydrogens is 278 g/mol. The number of rotatable bonds is 6. The van der Waals surface area contributed by atoms with E-state index >= 15 is 0 Å². The molecule has 7 heteroatoms. The highest BCUT2D eigenvalue weighted by Crippen LogP contribution is 2.22. The van der Waals surface area contributed by atoms with Gasteiger partial charge in [-0.15, -0.1) is 0 Å². The van der Waals surface area contributed by atoms with E-state index in [2.05, 4.69) is 5.32 Å². The van der Waals surface area contributed by atoms with Gasteiger partial charge in [-0.05, 0) is 12.1 Å². The second-order valence-electron chi connectivity index (χ2n) is 4.75. The quantitative estimate of drug-likeness (QED) is 0.844. The van der Waals surface area contributed by atoms with Crippen molar-refractivity contribution >= 4 is 21.6 Å². The van der Waals surface area contributed by atoms with E-state index in [9.17, 15) is 13.2 Å². The van der Waals surface area contributed by atoms with Crippen LogP contribution in [0.5, 0.6) is 0 Å². The smallest absolute Gasteiger partial charge is 0.244 e. The van der Waals surface area contributed by atoms with Crippen LogP contribution < -0.4 is 5.32 Å². The lowest BCUT2D eigenvalue weighted by Crippen LogP contribution is -2.25. The van der Waals surface area contributed by atoms with Crippen LogP contribution in [0.2, 0.25) is 0 Å². The van der Waals surface area contributed by atoms with E-state index in [4.69, 9.17) is 0 Å². The Hall–Kier alpha value is -1.60. The average molecular weight is 299 g/mol. The Balaban J connectivity index is 2.85. The number of hydrogen-bond donors (Lipinski definition) is 1. The summed E-state index contributed by atoms with van der Waals surface area (Å²) >= 11 is 0. The summed E-state index contributed by atoms with van der Waals surface area (Å²) in [6, 6.07) is 6.67. The predicted molar refractivity (Wildman–Crippen MR) is 79.1 cm³/mol. The van der Waals surface area contributed by atoms with Crippen molar-refractivity contribution in [3.05, 3.63) is 24.3 Å². The Kier molecular flexibility index (Phi) is 5.52. The summed E-state index contributed by atoms with van der Waals surface area (Å²) < 4.78 is 25.5. The molecule has 20 heavy (non-hydrogen) atoms. The van der Waals surface area contributed by atoms with Gasteiger partial charge in [0.25, 0.3) is 0 Å². The SMILES string of the molecule is CN(C)C(=O)CCNc1ccccc1S(=O)(=O)N(C)C. The first-order valence-corrected chi connectivity index (χ1v) is 7.66. The summed E-state index contributed by atoms with van der Waals surface area (Å²) in [6.45, 7) is 0.386. The van der Waals surface area contributed by atoms with Gasteiger partial charge in [0.15, 0.2) is 0 Å². The Bertz CT molecular complexity index is 568. The molecule has 1 N–H and O–H groups in total. The van der Waals surface area contributed by atoms with Gasteiger partial charge in [-0.25, -0.2) is 12.7 Å². The van der Waals surface area contributed by atoms with E-state index in [1.165, 1.54) is 23.3 Å². The van der Waals surface area contributed by atoms with Gasteiger partial charge in [-0.1, -0.05) is 12.1 Å². The van der Waals surface area contributed by atoms with E-state index in [-0.39, 0.29) is 10.8 Å². The normalized spacial score (nSPS) is 11.4. The zero-order valence-electron chi connectivity index (χ0n) is 12.3. The molecular formula is C13H21N3O3S. The van der Waals surface area contributed by atoms with Crippen molar-refractivity contribution in [2.24, 2.45) is 0 Å². The van der Waals surface area contributed by atoms with Crippen LogP contribution in [-0.2, 0) is 14.8 Å². The lowest BCUT2D eigenvalue weighted by atomic mass is 10.3.